The number of amides is 3. The molecule has 42 heteroatoms. The molecule has 7 saturated heterocycles. The summed E-state index contributed by atoms with van der Waals surface area (Å²) in [5, 5.41) is 247. The molecule has 7 fully saturated rings. The van der Waals surface area contributed by atoms with Crippen LogP contribution in [0.4, 0.5) is 0 Å². The lowest BCUT2D eigenvalue weighted by Crippen LogP contribution is -2.70. The van der Waals surface area contributed by atoms with E-state index in [9.17, 15) is 127 Å². The zero-order valence-corrected chi connectivity index (χ0v) is 52.2. The quantitative estimate of drug-likeness (QED) is 0.0363. The van der Waals surface area contributed by atoms with Crippen LogP contribution in [0.3, 0.4) is 0 Å². The van der Waals surface area contributed by atoms with E-state index >= 15 is 0 Å². The number of rotatable bonds is 27. The number of carbonyl (C=O) groups excluding carboxylic acids is 3. The van der Waals surface area contributed by atoms with E-state index in [1.165, 1.54) is 13.8 Å². The highest BCUT2D eigenvalue weighted by Crippen LogP contribution is 2.37. The Morgan fingerprint density at radius 3 is 1.22 bits per heavy atom. The van der Waals surface area contributed by atoms with Crippen molar-refractivity contribution in [3.63, 3.8) is 0 Å². The molecular formula is C54H93N3O39. The van der Waals surface area contributed by atoms with E-state index in [1.807, 2.05) is 0 Å². The summed E-state index contributed by atoms with van der Waals surface area (Å²) >= 11 is 0. The number of aliphatic hydroxyl groups excluding tert-OH is 22. The molecule has 7 heterocycles. The van der Waals surface area contributed by atoms with Crippen molar-refractivity contribution >= 4 is 17.7 Å². The zero-order chi connectivity index (χ0) is 71.2. The van der Waals surface area contributed by atoms with Crippen LogP contribution in [0.5, 0.6) is 0 Å². The number of aliphatic hydroxyl groups is 22. The fourth-order valence-electron chi connectivity index (χ4n) is 12.0. The lowest BCUT2D eigenvalue weighted by atomic mass is 9.94. The molecule has 0 spiro atoms. The standard InChI is InChI=1S/C54H93N3O39/c1-13-27(67)34(74)38(78)50(85-13)94-45-25(56-16(4)64)48(87-22(9-61)32(45)72)84-12-24-33(73)47(96-53-41(81)37(77)31(71)21(8-60)89-53)42(82)54(91-24)92-43(18(6-58)55-15(3)63)29(69)19(66)11-83-49-26(57-17(5)65)46(95-51-39(79)35(75)28(68)14(2)86-51)44(23(10-62)90-49)93-52-40(80)36(76)30(70)20(7-59)88-52/h13-14,18-54,58-62,66-82H,6-12H2,1-5H3,(H,55,63)(H,56,64)(H,57,65)/t13-,14-,18-,19+,20+,21+,22+,23+,24+,25+,26+,27+,28+,29-,30-,31-,32+,33-,34+,35+,36-,37-,38-,39-,40+,41+,42+,43+,44+,45+,46+,47-,48+,49+,50-,51-,52-,53-,54-/m0/s1. The van der Waals surface area contributed by atoms with Gasteiger partial charge in [0.2, 0.25) is 17.7 Å². The Bertz CT molecular complexity index is 2420. The summed E-state index contributed by atoms with van der Waals surface area (Å²) in [6.07, 6.45) is -70.6. The van der Waals surface area contributed by atoms with E-state index in [0.29, 0.717) is 0 Å². The van der Waals surface area contributed by atoms with Crippen molar-refractivity contribution < 1.29 is 193 Å². The Balaban J connectivity index is 1.20. The summed E-state index contributed by atoms with van der Waals surface area (Å²) in [5.41, 5.74) is 0. The molecule has 7 rings (SSSR count). The molecule has 7 aliphatic rings. The molecule has 42 nitrogen and oxygen atoms in total. The third kappa shape index (κ3) is 18.2. The largest absolute Gasteiger partial charge is 0.394 e. The van der Waals surface area contributed by atoms with Gasteiger partial charge in [0, 0.05) is 20.8 Å². The van der Waals surface area contributed by atoms with Crippen molar-refractivity contribution in [2.45, 2.75) is 274 Å². The summed E-state index contributed by atoms with van der Waals surface area (Å²) in [7, 11) is 0. The van der Waals surface area contributed by atoms with Crippen molar-refractivity contribution in [1.82, 2.24) is 16.0 Å². The van der Waals surface area contributed by atoms with Gasteiger partial charge in [0.1, 0.15) is 177 Å². The minimum atomic E-state index is -2.51. The Morgan fingerprint density at radius 2 is 0.760 bits per heavy atom. The normalized spacial score (nSPS) is 46.8. The molecule has 0 saturated carbocycles. The highest BCUT2D eigenvalue weighted by molar-refractivity contribution is 5.74. The Labute approximate surface area is 545 Å². The summed E-state index contributed by atoms with van der Waals surface area (Å²) < 4.78 is 82.0. The SMILES string of the molecule is CC(=O)N[C@H]1[C@H](OC[C@@H](O)[C@H](O)[C@H](O[C@@H]2O[C@H](CO[C@@H]3O[C@H](CO)[C@@H](O)[C@H](O[C@@H]4O[C@@H](C)[C@@H](O)[C@@H](O)[C@@H]4O)[C@H]3NC(C)=O)[C@H](O)[C@H](O[C@@H]3O[C@H](CO)[C@H](O)[C@H](O)[C@H]3O)[C@H]2O)[C@H](CO)NC(C)=O)O[C@H](CO)[C@@H](O[C@@H]2O[C@H](CO)[C@H](O)[C@H](O)[C@H]2O)[C@@H]1O[C@@H]1O[C@@H](C)[C@@H](O)[C@@H](O)[C@@H]1O. The van der Waals surface area contributed by atoms with Gasteiger partial charge in [-0.1, -0.05) is 0 Å². The molecule has 558 valence electrons. The van der Waals surface area contributed by atoms with Crippen molar-refractivity contribution in [2.24, 2.45) is 0 Å². The minimum Gasteiger partial charge on any atom is -0.394 e. The van der Waals surface area contributed by atoms with Gasteiger partial charge in [-0.25, -0.2) is 0 Å². The number of carbonyl (C=O) groups is 3. The van der Waals surface area contributed by atoms with Crippen LogP contribution in [0.1, 0.15) is 34.6 Å². The first-order valence-corrected chi connectivity index (χ1v) is 30.8. The summed E-state index contributed by atoms with van der Waals surface area (Å²) in [6.45, 7) is -1.96. The second-order valence-corrected chi connectivity index (χ2v) is 24.4. The Morgan fingerprint density at radius 1 is 0.385 bits per heavy atom. The fourth-order valence-corrected chi connectivity index (χ4v) is 12.0. The molecule has 0 aromatic heterocycles. The van der Waals surface area contributed by atoms with E-state index in [4.69, 9.17) is 66.3 Å². The third-order valence-electron chi connectivity index (χ3n) is 17.4. The van der Waals surface area contributed by atoms with Crippen LogP contribution in [0.2, 0.25) is 0 Å². The van der Waals surface area contributed by atoms with Crippen LogP contribution in [0.25, 0.3) is 0 Å². The van der Waals surface area contributed by atoms with Crippen molar-refractivity contribution in [3.8, 4) is 0 Å². The van der Waals surface area contributed by atoms with Gasteiger partial charge in [0.25, 0.3) is 0 Å². The van der Waals surface area contributed by atoms with E-state index in [-0.39, 0.29) is 0 Å². The molecule has 39 atom stereocenters. The van der Waals surface area contributed by atoms with E-state index in [1.54, 1.807) is 0 Å². The molecule has 0 radical (unpaired) electrons. The summed E-state index contributed by atoms with van der Waals surface area (Å²) in [5.74, 6) is -2.68. The predicted octanol–water partition coefficient (Wildman–Crippen LogP) is -16.3. The number of nitrogens with one attached hydrogen (secondary N) is 3. The van der Waals surface area contributed by atoms with Crippen molar-refractivity contribution in [2.75, 3.05) is 46.2 Å². The van der Waals surface area contributed by atoms with Crippen molar-refractivity contribution in [1.29, 1.82) is 0 Å². The second-order valence-electron chi connectivity index (χ2n) is 24.4. The van der Waals surface area contributed by atoms with Crippen LogP contribution in [0, 0.1) is 0 Å². The van der Waals surface area contributed by atoms with E-state index in [0.717, 1.165) is 20.8 Å². The maximum absolute atomic E-state index is 13.1. The molecule has 0 unspecified atom stereocenters. The highest BCUT2D eigenvalue weighted by atomic mass is 16.8. The minimum absolute atomic E-state index is 0.841. The summed E-state index contributed by atoms with van der Waals surface area (Å²) in [6, 6.07) is -5.39. The number of ether oxygens (including phenoxy) is 14. The Kier molecular flexibility index (Phi) is 29.5. The van der Waals surface area contributed by atoms with Crippen LogP contribution >= 0.6 is 0 Å². The topological polar surface area (TPSA) is 662 Å². The lowest BCUT2D eigenvalue weighted by Gasteiger charge is -2.50. The van der Waals surface area contributed by atoms with E-state index < -0.39 is 303 Å². The molecule has 0 bridgehead atoms. The van der Waals surface area contributed by atoms with Crippen LogP contribution in [-0.2, 0) is 80.7 Å². The third-order valence-corrected chi connectivity index (χ3v) is 17.4. The van der Waals surface area contributed by atoms with Gasteiger partial charge in [-0.2, -0.15) is 0 Å². The number of hydrogen-bond donors (Lipinski definition) is 25. The summed E-state index contributed by atoms with van der Waals surface area (Å²) in [4.78, 5) is 38.6. The first-order valence-electron chi connectivity index (χ1n) is 30.8. The molecule has 7 aliphatic heterocycles. The van der Waals surface area contributed by atoms with Gasteiger partial charge in [-0.15, -0.1) is 0 Å². The zero-order valence-electron chi connectivity index (χ0n) is 52.2. The first-order chi connectivity index (χ1) is 45.2. The maximum Gasteiger partial charge on any atom is 0.217 e. The predicted molar refractivity (Wildman–Crippen MR) is 299 cm³/mol. The monoisotopic (exact) mass is 1410 g/mol. The molecular weight excluding hydrogens is 1310 g/mol. The molecule has 3 amide bonds. The molecule has 96 heavy (non-hydrogen) atoms. The lowest BCUT2D eigenvalue weighted by molar-refractivity contribution is -0.375. The van der Waals surface area contributed by atoms with Gasteiger partial charge in [0.15, 0.2) is 44.0 Å². The average Bonchev–Trinajstić information content (AvgIpc) is 0.771. The number of hydrogen-bond acceptors (Lipinski definition) is 39. The first kappa shape index (κ1) is 80.3. The van der Waals surface area contributed by atoms with Crippen LogP contribution < -0.4 is 16.0 Å². The molecule has 0 aromatic carbocycles. The fraction of sp³-hybridized carbons (Fsp3) is 0.944. The molecule has 0 aliphatic carbocycles. The van der Waals surface area contributed by atoms with E-state index in [2.05, 4.69) is 16.0 Å². The molecule has 25 N–H and O–H groups in total. The van der Waals surface area contributed by atoms with Gasteiger partial charge in [0.05, 0.1) is 64.5 Å². The highest BCUT2D eigenvalue weighted by Gasteiger charge is 2.58. The maximum atomic E-state index is 13.1. The van der Waals surface area contributed by atoms with Crippen molar-refractivity contribution in [3.05, 3.63) is 0 Å². The average molecular weight is 1410 g/mol. The smallest absolute Gasteiger partial charge is 0.217 e. The Hall–Kier alpha value is -3.03. The van der Waals surface area contributed by atoms with Crippen LogP contribution in [0.15, 0.2) is 0 Å². The van der Waals surface area contributed by atoms with Gasteiger partial charge in [-0.3, -0.25) is 14.4 Å². The van der Waals surface area contributed by atoms with Gasteiger partial charge < -0.3 is 195 Å². The van der Waals surface area contributed by atoms with Gasteiger partial charge >= 0.3 is 0 Å². The van der Waals surface area contributed by atoms with Crippen LogP contribution in [-0.4, -0.2) is 415 Å². The van der Waals surface area contributed by atoms with Gasteiger partial charge in [-0.05, 0) is 13.8 Å². The molecule has 0 aromatic rings. The second kappa shape index (κ2) is 35.2.